The average molecular weight is 433 g/mol. The molecule has 0 aliphatic carbocycles. The van der Waals surface area contributed by atoms with Gasteiger partial charge in [0.1, 0.15) is 4.90 Å². The molecule has 0 bridgehead atoms. The Morgan fingerprint density at radius 3 is 2.33 bits per heavy atom. The van der Waals surface area contributed by atoms with Crippen molar-refractivity contribution in [2.45, 2.75) is 4.90 Å². The fourth-order valence-corrected chi connectivity index (χ4v) is 4.22. The van der Waals surface area contributed by atoms with Gasteiger partial charge in [0.15, 0.2) is 21.3 Å². The summed E-state index contributed by atoms with van der Waals surface area (Å²) in [6, 6.07) is 7.63. The first-order valence-electron chi connectivity index (χ1n) is 7.60. The molecular formula is C17H18Cl2N2O5S. The van der Waals surface area contributed by atoms with Gasteiger partial charge in [-0.15, -0.1) is 0 Å². The number of carbonyl (C=O) groups is 1. The van der Waals surface area contributed by atoms with E-state index < -0.39 is 15.7 Å². The molecule has 0 saturated carbocycles. The van der Waals surface area contributed by atoms with Gasteiger partial charge in [0, 0.05) is 23.0 Å². The van der Waals surface area contributed by atoms with Crippen molar-refractivity contribution in [3.05, 3.63) is 40.4 Å². The highest BCUT2D eigenvalue weighted by Gasteiger charge is 2.19. The minimum absolute atomic E-state index is 0.0206. The smallest absolute Gasteiger partial charge is 0.243 e. The lowest BCUT2D eigenvalue weighted by Gasteiger charge is -2.14. The summed E-state index contributed by atoms with van der Waals surface area (Å²) in [6.45, 7) is -0.201. The SMILES string of the molecule is COc1ccc(NC(=O)CNc2cc(Cl)cc(Cl)c2S(C)(=O)=O)cc1OC. The standard InChI is InChI=1S/C17H18Cl2N2O5S/c1-25-14-5-4-11(8-15(14)26-2)21-16(22)9-20-13-7-10(18)6-12(19)17(13)27(3,23)24/h4-8,20H,9H2,1-3H3,(H,21,22). The van der Waals surface area contributed by atoms with Crippen LogP contribution in [0.1, 0.15) is 0 Å². The van der Waals surface area contributed by atoms with Gasteiger partial charge >= 0.3 is 0 Å². The van der Waals surface area contributed by atoms with Gasteiger partial charge in [-0.1, -0.05) is 23.2 Å². The van der Waals surface area contributed by atoms with E-state index in [9.17, 15) is 13.2 Å². The van der Waals surface area contributed by atoms with Gasteiger partial charge < -0.3 is 20.1 Å². The second kappa shape index (κ2) is 8.69. The Morgan fingerprint density at radius 2 is 1.74 bits per heavy atom. The van der Waals surface area contributed by atoms with Crippen LogP contribution in [0, 0.1) is 0 Å². The summed E-state index contributed by atoms with van der Waals surface area (Å²) in [7, 11) is -0.623. The number of carbonyl (C=O) groups excluding carboxylic acids is 1. The fourth-order valence-electron chi connectivity index (χ4n) is 2.36. The van der Waals surface area contributed by atoms with Crippen molar-refractivity contribution in [1.82, 2.24) is 0 Å². The fraction of sp³-hybridized carbons (Fsp3) is 0.235. The Labute approximate surface area is 167 Å². The van der Waals surface area contributed by atoms with E-state index in [2.05, 4.69) is 10.6 Å². The molecule has 10 heteroatoms. The first-order chi connectivity index (χ1) is 12.7. The molecule has 0 spiro atoms. The van der Waals surface area contributed by atoms with Crippen molar-refractivity contribution in [2.75, 3.05) is 37.7 Å². The molecule has 0 unspecified atom stereocenters. The lowest BCUT2D eigenvalue weighted by Crippen LogP contribution is -2.22. The summed E-state index contributed by atoms with van der Waals surface area (Å²) in [6.07, 6.45) is 1.02. The Kier molecular flexibility index (Phi) is 6.80. The second-order valence-corrected chi connectivity index (χ2v) is 8.30. The number of nitrogens with one attached hydrogen (secondary N) is 2. The van der Waals surface area contributed by atoms with Gasteiger partial charge in [-0.05, 0) is 24.3 Å². The summed E-state index contributed by atoms with van der Waals surface area (Å²) in [5, 5.41) is 5.65. The van der Waals surface area contributed by atoms with E-state index in [1.165, 1.54) is 26.4 Å². The number of hydrogen-bond acceptors (Lipinski definition) is 6. The van der Waals surface area contributed by atoms with Gasteiger partial charge in [0.2, 0.25) is 5.91 Å². The summed E-state index contributed by atoms with van der Waals surface area (Å²) >= 11 is 11.9. The summed E-state index contributed by atoms with van der Waals surface area (Å²) < 4.78 is 34.2. The van der Waals surface area contributed by atoms with Crippen LogP contribution in [0.15, 0.2) is 35.2 Å². The molecule has 0 aliphatic rings. The largest absolute Gasteiger partial charge is 0.493 e. The summed E-state index contributed by atoms with van der Waals surface area (Å²) in [5.74, 6) is 0.585. The molecule has 0 saturated heterocycles. The highest BCUT2D eigenvalue weighted by atomic mass is 35.5. The lowest BCUT2D eigenvalue weighted by molar-refractivity contribution is -0.114. The third-order valence-corrected chi connectivity index (χ3v) is 5.30. The first kappa shape index (κ1) is 21.1. The maximum Gasteiger partial charge on any atom is 0.243 e. The minimum Gasteiger partial charge on any atom is -0.493 e. The molecule has 0 radical (unpaired) electrons. The van der Waals surface area contributed by atoms with Crippen LogP contribution in [0.2, 0.25) is 10.0 Å². The van der Waals surface area contributed by atoms with Crippen molar-refractivity contribution < 1.29 is 22.7 Å². The monoisotopic (exact) mass is 432 g/mol. The summed E-state index contributed by atoms with van der Waals surface area (Å²) in [5.41, 5.74) is 0.643. The number of benzene rings is 2. The number of sulfone groups is 1. The number of ether oxygens (including phenoxy) is 2. The Balaban J connectivity index is 2.15. The summed E-state index contributed by atoms with van der Waals surface area (Å²) in [4.78, 5) is 12.1. The predicted molar refractivity (Wildman–Crippen MR) is 106 cm³/mol. The zero-order valence-electron chi connectivity index (χ0n) is 14.8. The maximum atomic E-state index is 12.2. The molecule has 2 aromatic rings. The van der Waals surface area contributed by atoms with E-state index in [1.54, 1.807) is 18.2 Å². The number of hydrogen-bond donors (Lipinski definition) is 2. The third-order valence-electron chi connectivity index (χ3n) is 3.49. The van der Waals surface area contributed by atoms with Crippen LogP contribution in [-0.4, -0.2) is 41.3 Å². The quantitative estimate of drug-likeness (QED) is 0.695. The van der Waals surface area contributed by atoms with Crippen molar-refractivity contribution in [2.24, 2.45) is 0 Å². The van der Waals surface area contributed by atoms with E-state index in [-0.39, 0.29) is 27.2 Å². The topological polar surface area (TPSA) is 93.7 Å². The van der Waals surface area contributed by atoms with Crippen molar-refractivity contribution in [3.63, 3.8) is 0 Å². The van der Waals surface area contributed by atoms with Crippen molar-refractivity contribution >= 4 is 50.3 Å². The van der Waals surface area contributed by atoms with E-state index >= 15 is 0 Å². The van der Waals surface area contributed by atoms with E-state index in [0.717, 1.165) is 6.26 Å². The highest BCUT2D eigenvalue weighted by molar-refractivity contribution is 7.91. The molecule has 7 nitrogen and oxygen atoms in total. The second-order valence-electron chi connectivity index (χ2n) is 5.51. The average Bonchev–Trinajstić information content (AvgIpc) is 2.58. The zero-order chi connectivity index (χ0) is 20.2. The van der Waals surface area contributed by atoms with E-state index in [4.69, 9.17) is 32.7 Å². The highest BCUT2D eigenvalue weighted by Crippen LogP contribution is 2.33. The van der Waals surface area contributed by atoms with Crippen LogP contribution >= 0.6 is 23.2 Å². The van der Waals surface area contributed by atoms with Crippen LogP contribution < -0.4 is 20.1 Å². The van der Waals surface area contributed by atoms with Gasteiger partial charge in [0.25, 0.3) is 0 Å². The minimum atomic E-state index is -3.62. The van der Waals surface area contributed by atoms with E-state index in [1.807, 2.05) is 0 Å². The molecule has 146 valence electrons. The number of methoxy groups -OCH3 is 2. The van der Waals surface area contributed by atoms with Crippen LogP contribution in [0.5, 0.6) is 11.5 Å². The van der Waals surface area contributed by atoms with Gasteiger partial charge in [-0.25, -0.2) is 8.42 Å². The van der Waals surface area contributed by atoms with Gasteiger partial charge in [0.05, 0.1) is 31.5 Å². The van der Waals surface area contributed by atoms with Crippen LogP contribution in [0.25, 0.3) is 0 Å². The van der Waals surface area contributed by atoms with Gasteiger partial charge in [-0.2, -0.15) is 0 Å². The van der Waals surface area contributed by atoms with Crippen molar-refractivity contribution in [1.29, 1.82) is 0 Å². The zero-order valence-corrected chi connectivity index (χ0v) is 17.1. The molecule has 2 aromatic carbocycles. The molecule has 0 atom stereocenters. The van der Waals surface area contributed by atoms with Crippen molar-refractivity contribution in [3.8, 4) is 11.5 Å². The maximum absolute atomic E-state index is 12.2. The molecule has 1 amide bonds. The Morgan fingerprint density at radius 1 is 1.07 bits per heavy atom. The number of anilines is 2. The van der Waals surface area contributed by atoms with Crippen LogP contribution in [-0.2, 0) is 14.6 Å². The third kappa shape index (κ3) is 5.41. The molecule has 2 rings (SSSR count). The lowest BCUT2D eigenvalue weighted by atomic mass is 10.2. The molecule has 0 aromatic heterocycles. The number of rotatable bonds is 7. The predicted octanol–water partition coefficient (Wildman–Crippen LogP) is 3.46. The van der Waals surface area contributed by atoms with Gasteiger partial charge in [-0.3, -0.25) is 4.79 Å². The number of halogens is 2. The normalized spacial score (nSPS) is 11.0. The van der Waals surface area contributed by atoms with Crippen LogP contribution in [0.3, 0.4) is 0 Å². The molecule has 2 N–H and O–H groups in total. The molecule has 27 heavy (non-hydrogen) atoms. The Hall–Kier alpha value is -2.16. The number of amides is 1. The Bertz CT molecular complexity index is 964. The van der Waals surface area contributed by atoms with E-state index in [0.29, 0.717) is 17.2 Å². The molecule has 0 heterocycles. The molecule has 0 fully saturated rings. The molecular weight excluding hydrogens is 415 g/mol. The van der Waals surface area contributed by atoms with Crippen LogP contribution in [0.4, 0.5) is 11.4 Å². The first-order valence-corrected chi connectivity index (χ1v) is 10.2. The molecule has 0 aliphatic heterocycles.